The molecular formula is C19H27N3O2. The van der Waals surface area contributed by atoms with Crippen molar-refractivity contribution in [2.24, 2.45) is 5.92 Å². The van der Waals surface area contributed by atoms with Crippen LogP contribution in [0.2, 0.25) is 0 Å². The Kier molecular flexibility index (Phi) is 6.55. The number of hydrogen-bond acceptors (Lipinski definition) is 3. The molecule has 24 heavy (non-hydrogen) atoms. The Morgan fingerprint density at radius 1 is 1.29 bits per heavy atom. The number of rotatable bonds is 8. The number of nitrogens with one attached hydrogen (secondary N) is 1. The van der Waals surface area contributed by atoms with Gasteiger partial charge in [0, 0.05) is 6.54 Å². The van der Waals surface area contributed by atoms with E-state index >= 15 is 0 Å². The normalized spacial score (nSPS) is 12.4. The second kappa shape index (κ2) is 8.64. The smallest absolute Gasteiger partial charge is 0.254 e. The summed E-state index contributed by atoms with van der Waals surface area (Å²) in [6.07, 6.45) is 2.54. The lowest BCUT2D eigenvalue weighted by molar-refractivity contribution is 0.0919. The van der Waals surface area contributed by atoms with Gasteiger partial charge in [0.2, 0.25) is 0 Å². The quantitative estimate of drug-likeness (QED) is 0.782. The number of hydrogen-bond donors (Lipinski definition) is 2. The minimum atomic E-state index is -0.392. The van der Waals surface area contributed by atoms with Crippen molar-refractivity contribution in [3.63, 3.8) is 0 Å². The third-order valence-corrected chi connectivity index (χ3v) is 4.20. The third-order valence-electron chi connectivity index (χ3n) is 4.20. The molecule has 0 bridgehead atoms. The van der Waals surface area contributed by atoms with E-state index in [1.54, 1.807) is 6.20 Å². The van der Waals surface area contributed by atoms with Gasteiger partial charge in [-0.3, -0.25) is 9.48 Å². The molecule has 1 amide bonds. The summed E-state index contributed by atoms with van der Waals surface area (Å²) in [6, 6.07) is 10.1. The Bertz CT molecular complexity index is 650. The van der Waals surface area contributed by atoms with Crippen LogP contribution in [0.1, 0.15) is 48.8 Å². The Hall–Kier alpha value is -2.14. The molecule has 0 aliphatic carbocycles. The topological polar surface area (TPSA) is 67.2 Å². The van der Waals surface area contributed by atoms with E-state index in [2.05, 4.69) is 10.4 Å². The minimum absolute atomic E-state index is 0.123. The number of aromatic nitrogens is 2. The fraction of sp³-hybridized carbons (Fsp3) is 0.474. The summed E-state index contributed by atoms with van der Waals surface area (Å²) in [6.45, 7) is 7.08. The first kappa shape index (κ1) is 18.2. The van der Waals surface area contributed by atoms with Crippen LogP contribution in [0.5, 0.6) is 0 Å². The Balaban J connectivity index is 2.01. The van der Waals surface area contributed by atoms with Gasteiger partial charge >= 0.3 is 0 Å². The molecule has 0 aliphatic heterocycles. The second-order valence-electron chi connectivity index (χ2n) is 6.36. The minimum Gasteiger partial charge on any atom is -0.393 e. The van der Waals surface area contributed by atoms with Crippen LogP contribution in [0.3, 0.4) is 0 Å². The van der Waals surface area contributed by atoms with E-state index in [1.165, 1.54) is 0 Å². The predicted octanol–water partition coefficient (Wildman–Crippen LogP) is 2.63. The van der Waals surface area contributed by atoms with Crippen LogP contribution >= 0.6 is 0 Å². The standard InChI is InChI=1S/C19H27N3O2/c1-4-17-16(19(24)20-11-10-18(23)14(2)3)12-21-22(17)13-15-8-6-5-7-9-15/h5-9,12,14,18,23H,4,10-11,13H2,1-3H3,(H,20,24). The Labute approximate surface area is 143 Å². The maximum Gasteiger partial charge on any atom is 0.254 e. The number of aliphatic hydroxyl groups is 1. The summed E-state index contributed by atoms with van der Waals surface area (Å²) in [5.41, 5.74) is 2.70. The lowest BCUT2D eigenvalue weighted by Crippen LogP contribution is -2.29. The molecule has 1 unspecified atom stereocenters. The van der Waals surface area contributed by atoms with Crippen LogP contribution in [0, 0.1) is 5.92 Å². The van der Waals surface area contributed by atoms with Gasteiger partial charge < -0.3 is 10.4 Å². The molecule has 0 spiro atoms. The maximum absolute atomic E-state index is 12.4. The van der Waals surface area contributed by atoms with Crippen molar-refractivity contribution >= 4 is 5.91 Å². The van der Waals surface area contributed by atoms with Gasteiger partial charge in [-0.2, -0.15) is 5.10 Å². The van der Waals surface area contributed by atoms with E-state index < -0.39 is 6.10 Å². The SMILES string of the molecule is CCc1c(C(=O)NCCC(O)C(C)C)cnn1Cc1ccccc1. The molecule has 1 heterocycles. The highest BCUT2D eigenvalue weighted by Crippen LogP contribution is 2.12. The molecule has 0 saturated heterocycles. The molecule has 5 nitrogen and oxygen atoms in total. The van der Waals surface area contributed by atoms with Crippen LogP contribution in [0.4, 0.5) is 0 Å². The predicted molar refractivity (Wildman–Crippen MR) is 94.9 cm³/mol. The zero-order chi connectivity index (χ0) is 17.5. The first-order valence-corrected chi connectivity index (χ1v) is 8.57. The summed E-state index contributed by atoms with van der Waals surface area (Å²) in [4.78, 5) is 12.4. The van der Waals surface area contributed by atoms with E-state index in [-0.39, 0.29) is 11.8 Å². The zero-order valence-corrected chi connectivity index (χ0v) is 14.7. The van der Waals surface area contributed by atoms with Crippen molar-refractivity contribution in [2.45, 2.75) is 46.3 Å². The van der Waals surface area contributed by atoms with Crippen LogP contribution in [-0.4, -0.2) is 33.4 Å². The van der Waals surface area contributed by atoms with Gasteiger partial charge in [0.05, 0.1) is 30.1 Å². The summed E-state index contributed by atoms with van der Waals surface area (Å²) in [5, 5.41) is 17.1. The highest BCUT2D eigenvalue weighted by atomic mass is 16.3. The van der Waals surface area contributed by atoms with Gasteiger partial charge in [-0.15, -0.1) is 0 Å². The number of amides is 1. The largest absolute Gasteiger partial charge is 0.393 e. The second-order valence-corrected chi connectivity index (χ2v) is 6.36. The first-order valence-electron chi connectivity index (χ1n) is 8.57. The average molecular weight is 329 g/mol. The van der Waals surface area contributed by atoms with Crippen LogP contribution in [0.25, 0.3) is 0 Å². The average Bonchev–Trinajstić information content (AvgIpc) is 2.98. The van der Waals surface area contributed by atoms with Crippen molar-refractivity contribution in [1.29, 1.82) is 0 Å². The highest BCUT2D eigenvalue weighted by Gasteiger charge is 2.17. The molecular weight excluding hydrogens is 302 g/mol. The van der Waals surface area contributed by atoms with Gasteiger partial charge in [0.25, 0.3) is 5.91 Å². The maximum atomic E-state index is 12.4. The number of carbonyl (C=O) groups excluding carboxylic acids is 1. The molecule has 0 fully saturated rings. The molecule has 1 aromatic carbocycles. The van der Waals surface area contributed by atoms with Gasteiger partial charge in [0.1, 0.15) is 0 Å². The fourth-order valence-electron chi connectivity index (χ4n) is 2.63. The van der Waals surface area contributed by atoms with E-state index in [0.717, 1.165) is 17.7 Å². The molecule has 1 atom stereocenters. The first-order chi connectivity index (χ1) is 11.5. The number of aliphatic hydroxyl groups excluding tert-OH is 1. The lowest BCUT2D eigenvalue weighted by atomic mass is 10.0. The monoisotopic (exact) mass is 329 g/mol. The Morgan fingerprint density at radius 3 is 2.62 bits per heavy atom. The van der Waals surface area contributed by atoms with Crippen molar-refractivity contribution in [1.82, 2.24) is 15.1 Å². The molecule has 2 aromatic rings. The molecule has 0 saturated carbocycles. The molecule has 130 valence electrons. The van der Waals surface area contributed by atoms with Gasteiger partial charge in [-0.25, -0.2) is 0 Å². The molecule has 0 radical (unpaired) electrons. The molecule has 1 aromatic heterocycles. The van der Waals surface area contributed by atoms with Crippen molar-refractivity contribution in [3.05, 3.63) is 53.3 Å². The molecule has 2 N–H and O–H groups in total. The van der Waals surface area contributed by atoms with Crippen molar-refractivity contribution in [3.8, 4) is 0 Å². The Morgan fingerprint density at radius 2 is 2.00 bits per heavy atom. The van der Waals surface area contributed by atoms with E-state index in [1.807, 2.05) is 55.8 Å². The number of benzene rings is 1. The van der Waals surface area contributed by atoms with E-state index in [4.69, 9.17) is 0 Å². The highest BCUT2D eigenvalue weighted by molar-refractivity contribution is 5.95. The summed E-state index contributed by atoms with van der Waals surface area (Å²) in [5.74, 6) is 0.0730. The zero-order valence-electron chi connectivity index (χ0n) is 14.7. The van der Waals surface area contributed by atoms with E-state index in [0.29, 0.717) is 25.1 Å². The molecule has 5 heteroatoms. The molecule has 0 aliphatic rings. The van der Waals surface area contributed by atoms with Crippen molar-refractivity contribution < 1.29 is 9.90 Å². The summed E-state index contributed by atoms with van der Waals surface area (Å²) < 4.78 is 1.88. The van der Waals surface area contributed by atoms with E-state index in [9.17, 15) is 9.90 Å². The van der Waals surface area contributed by atoms with Gasteiger partial charge in [-0.05, 0) is 24.3 Å². The van der Waals surface area contributed by atoms with Crippen LogP contribution < -0.4 is 5.32 Å². The van der Waals surface area contributed by atoms with Crippen molar-refractivity contribution in [2.75, 3.05) is 6.54 Å². The third kappa shape index (κ3) is 4.68. The summed E-state index contributed by atoms with van der Waals surface area (Å²) >= 11 is 0. The number of carbonyl (C=O) groups is 1. The molecule has 2 rings (SSSR count). The van der Waals surface area contributed by atoms with Gasteiger partial charge in [0.15, 0.2) is 0 Å². The summed E-state index contributed by atoms with van der Waals surface area (Å²) in [7, 11) is 0. The van der Waals surface area contributed by atoms with Crippen LogP contribution in [0.15, 0.2) is 36.5 Å². The van der Waals surface area contributed by atoms with Gasteiger partial charge in [-0.1, -0.05) is 51.1 Å². The number of nitrogens with zero attached hydrogens (tertiary/aromatic N) is 2. The van der Waals surface area contributed by atoms with Crippen LogP contribution in [-0.2, 0) is 13.0 Å². The fourth-order valence-corrected chi connectivity index (χ4v) is 2.63. The lowest BCUT2D eigenvalue weighted by Gasteiger charge is -2.14.